The van der Waals surface area contributed by atoms with Gasteiger partial charge in [-0.05, 0) is 42.4 Å². The molecule has 1 heterocycles. The molecule has 0 saturated carbocycles. The summed E-state index contributed by atoms with van der Waals surface area (Å²) in [5, 5.41) is 10.00. The van der Waals surface area contributed by atoms with E-state index in [-0.39, 0.29) is 11.6 Å². The molecule has 7 heteroatoms. The quantitative estimate of drug-likeness (QED) is 0.744. The van der Waals surface area contributed by atoms with E-state index in [0.717, 1.165) is 0 Å². The lowest BCUT2D eigenvalue weighted by molar-refractivity contribution is 0.196. The number of aliphatic hydroxyl groups excluding tert-OH is 1. The number of hydrogen-bond acceptors (Lipinski definition) is 6. The first-order valence-electron chi connectivity index (χ1n) is 5.51. The highest BCUT2D eigenvalue weighted by Gasteiger charge is 2.12. The number of aliphatic hydroxyl groups is 1. The third-order valence-electron chi connectivity index (χ3n) is 2.37. The number of benzene rings is 1. The van der Waals surface area contributed by atoms with Crippen LogP contribution in [0.25, 0.3) is 0 Å². The topological polar surface area (TPSA) is 98.0 Å². The average molecular weight is 280 g/mol. The molecule has 2 rings (SSSR count). The maximum atomic E-state index is 13.2. The van der Waals surface area contributed by atoms with Gasteiger partial charge in [0, 0.05) is 11.0 Å². The van der Waals surface area contributed by atoms with Crippen molar-refractivity contribution in [3.05, 3.63) is 35.6 Å². The van der Waals surface area contributed by atoms with Crippen LogP contribution in [0.1, 0.15) is 18.6 Å². The molecule has 1 aromatic carbocycles. The molecule has 1 aromatic heterocycles. The summed E-state index contributed by atoms with van der Waals surface area (Å²) in [7, 11) is 0. The van der Waals surface area contributed by atoms with Crippen LogP contribution in [0.5, 0.6) is 0 Å². The van der Waals surface area contributed by atoms with Crippen LogP contribution in [0, 0.1) is 5.82 Å². The van der Waals surface area contributed by atoms with E-state index in [1.807, 2.05) is 0 Å². The first-order valence-corrected chi connectivity index (χ1v) is 6.33. The Labute approximate surface area is 113 Å². The summed E-state index contributed by atoms with van der Waals surface area (Å²) in [6.45, 7) is 1.56. The van der Waals surface area contributed by atoms with Crippen LogP contribution < -0.4 is 11.5 Å². The average Bonchev–Trinajstić information content (AvgIpc) is 2.30. The van der Waals surface area contributed by atoms with Crippen LogP contribution in [0.4, 0.5) is 16.0 Å². The van der Waals surface area contributed by atoms with Gasteiger partial charge in [0.25, 0.3) is 0 Å². The van der Waals surface area contributed by atoms with E-state index in [1.165, 1.54) is 30.0 Å². The first kappa shape index (κ1) is 13.6. The van der Waals surface area contributed by atoms with Crippen LogP contribution >= 0.6 is 11.8 Å². The SMILES string of the molecule is C[C@@H](O)c1cc(F)ccc1Sc1nc(N)cc(N)n1. The molecular weight excluding hydrogens is 267 g/mol. The molecule has 0 unspecified atom stereocenters. The van der Waals surface area contributed by atoms with Crippen molar-refractivity contribution in [1.82, 2.24) is 9.97 Å². The van der Waals surface area contributed by atoms with Gasteiger partial charge in [-0.2, -0.15) is 0 Å². The monoisotopic (exact) mass is 280 g/mol. The largest absolute Gasteiger partial charge is 0.389 e. The van der Waals surface area contributed by atoms with Crippen LogP contribution in [0.3, 0.4) is 0 Å². The smallest absolute Gasteiger partial charge is 0.196 e. The summed E-state index contributed by atoms with van der Waals surface area (Å²) < 4.78 is 13.2. The van der Waals surface area contributed by atoms with Crippen LogP contribution in [0.2, 0.25) is 0 Å². The maximum Gasteiger partial charge on any atom is 0.196 e. The fourth-order valence-electron chi connectivity index (χ4n) is 1.54. The first-order chi connectivity index (χ1) is 8.95. The summed E-state index contributed by atoms with van der Waals surface area (Å²) in [6.07, 6.45) is -0.795. The lowest BCUT2D eigenvalue weighted by Gasteiger charge is -2.11. The highest BCUT2D eigenvalue weighted by molar-refractivity contribution is 7.99. The van der Waals surface area contributed by atoms with Crippen molar-refractivity contribution in [1.29, 1.82) is 0 Å². The molecule has 5 N–H and O–H groups in total. The van der Waals surface area contributed by atoms with Gasteiger partial charge in [0.15, 0.2) is 5.16 Å². The van der Waals surface area contributed by atoms with E-state index < -0.39 is 11.9 Å². The van der Waals surface area contributed by atoms with E-state index in [9.17, 15) is 9.50 Å². The minimum Gasteiger partial charge on any atom is -0.389 e. The van der Waals surface area contributed by atoms with Gasteiger partial charge in [-0.15, -0.1) is 0 Å². The van der Waals surface area contributed by atoms with Gasteiger partial charge < -0.3 is 16.6 Å². The van der Waals surface area contributed by atoms with Crippen molar-refractivity contribution in [2.24, 2.45) is 0 Å². The molecule has 0 spiro atoms. The predicted molar refractivity (Wildman–Crippen MR) is 72.0 cm³/mol. The molecule has 19 heavy (non-hydrogen) atoms. The highest BCUT2D eigenvalue weighted by atomic mass is 32.2. The number of rotatable bonds is 3. The van der Waals surface area contributed by atoms with Gasteiger partial charge in [0.05, 0.1) is 6.10 Å². The van der Waals surface area contributed by atoms with E-state index in [0.29, 0.717) is 15.6 Å². The van der Waals surface area contributed by atoms with Crippen molar-refractivity contribution in [3.63, 3.8) is 0 Å². The van der Waals surface area contributed by atoms with Gasteiger partial charge in [-0.1, -0.05) is 0 Å². The molecule has 0 radical (unpaired) electrons. The second-order valence-corrected chi connectivity index (χ2v) is 4.97. The Kier molecular flexibility index (Phi) is 3.87. The molecule has 0 bridgehead atoms. The van der Waals surface area contributed by atoms with Gasteiger partial charge in [0.1, 0.15) is 17.5 Å². The third-order valence-corrected chi connectivity index (χ3v) is 3.33. The van der Waals surface area contributed by atoms with E-state index in [1.54, 1.807) is 13.0 Å². The zero-order valence-corrected chi connectivity index (χ0v) is 11.0. The minimum absolute atomic E-state index is 0.260. The Morgan fingerprint density at radius 2 is 1.84 bits per heavy atom. The maximum absolute atomic E-state index is 13.2. The Morgan fingerprint density at radius 1 is 1.21 bits per heavy atom. The Hall–Kier alpha value is -1.86. The molecule has 2 aromatic rings. The van der Waals surface area contributed by atoms with Crippen molar-refractivity contribution in [3.8, 4) is 0 Å². The lowest BCUT2D eigenvalue weighted by atomic mass is 10.1. The second kappa shape index (κ2) is 5.41. The van der Waals surface area contributed by atoms with Crippen LogP contribution in [-0.4, -0.2) is 15.1 Å². The molecular formula is C12H13FN4OS. The third kappa shape index (κ3) is 3.33. The highest BCUT2D eigenvalue weighted by Crippen LogP contribution is 2.32. The number of aromatic nitrogens is 2. The normalized spacial score (nSPS) is 12.4. The van der Waals surface area contributed by atoms with E-state index in [4.69, 9.17) is 11.5 Å². The fourth-order valence-corrected chi connectivity index (χ4v) is 2.53. The zero-order chi connectivity index (χ0) is 14.0. The fraction of sp³-hybridized carbons (Fsp3) is 0.167. The molecule has 0 aliphatic heterocycles. The van der Waals surface area contributed by atoms with Crippen LogP contribution in [0.15, 0.2) is 34.3 Å². The number of anilines is 2. The summed E-state index contributed by atoms with van der Waals surface area (Å²) in [5.41, 5.74) is 11.6. The van der Waals surface area contributed by atoms with Crippen molar-refractivity contribution in [2.75, 3.05) is 11.5 Å². The van der Waals surface area contributed by atoms with Crippen molar-refractivity contribution in [2.45, 2.75) is 23.1 Å². The van der Waals surface area contributed by atoms with E-state index in [2.05, 4.69) is 9.97 Å². The lowest BCUT2D eigenvalue weighted by Crippen LogP contribution is -2.00. The number of nitrogen functional groups attached to an aromatic ring is 2. The Balaban J connectivity index is 2.37. The molecule has 100 valence electrons. The summed E-state index contributed by atoms with van der Waals surface area (Å²) >= 11 is 1.17. The van der Waals surface area contributed by atoms with Crippen molar-refractivity contribution >= 4 is 23.4 Å². The number of nitrogens with zero attached hydrogens (tertiary/aromatic N) is 2. The zero-order valence-electron chi connectivity index (χ0n) is 10.2. The van der Waals surface area contributed by atoms with Crippen molar-refractivity contribution < 1.29 is 9.50 Å². The molecule has 0 amide bonds. The molecule has 0 fully saturated rings. The minimum atomic E-state index is -0.795. The number of hydrogen-bond donors (Lipinski definition) is 3. The summed E-state index contributed by atoms with van der Waals surface area (Å²) in [5.74, 6) is 0.111. The van der Waals surface area contributed by atoms with Gasteiger partial charge >= 0.3 is 0 Å². The van der Waals surface area contributed by atoms with Gasteiger partial charge in [-0.25, -0.2) is 14.4 Å². The summed E-state index contributed by atoms with van der Waals surface area (Å²) in [4.78, 5) is 8.71. The molecule has 0 saturated heterocycles. The second-order valence-electron chi connectivity index (χ2n) is 3.96. The molecule has 1 atom stereocenters. The molecule has 5 nitrogen and oxygen atoms in total. The van der Waals surface area contributed by atoms with E-state index >= 15 is 0 Å². The van der Waals surface area contributed by atoms with Gasteiger partial charge in [0.2, 0.25) is 0 Å². The Bertz CT molecular complexity index is 586. The van der Waals surface area contributed by atoms with Crippen LogP contribution in [-0.2, 0) is 0 Å². The predicted octanol–water partition coefficient (Wildman–Crippen LogP) is 1.98. The summed E-state index contributed by atoms with van der Waals surface area (Å²) in [6, 6.07) is 5.60. The Morgan fingerprint density at radius 3 is 2.42 bits per heavy atom. The van der Waals surface area contributed by atoms with Gasteiger partial charge in [-0.3, -0.25) is 0 Å². The molecule has 0 aliphatic carbocycles. The number of halogens is 1. The standard InChI is InChI=1S/C12H13FN4OS/c1-6(18)8-4-7(13)2-3-9(8)19-12-16-10(14)5-11(15)17-12/h2-6,18H,1H3,(H4,14,15,16,17)/t6-/m1/s1. The number of nitrogens with two attached hydrogens (primary N) is 2. The molecule has 0 aliphatic rings.